The minimum Gasteiger partial charge on any atom is -0.443 e. The van der Waals surface area contributed by atoms with E-state index in [0.717, 1.165) is 12.0 Å². The van der Waals surface area contributed by atoms with Gasteiger partial charge in [-0.1, -0.05) is 37.3 Å². The summed E-state index contributed by atoms with van der Waals surface area (Å²) in [5, 5.41) is 12.9. The summed E-state index contributed by atoms with van der Waals surface area (Å²) in [5.41, 5.74) is 0.0399. The van der Waals surface area contributed by atoms with Gasteiger partial charge in [0.1, 0.15) is 5.60 Å². The summed E-state index contributed by atoms with van der Waals surface area (Å²) in [5.74, 6) is 0. The van der Waals surface area contributed by atoms with Crippen LogP contribution in [0.3, 0.4) is 0 Å². The highest BCUT2D eigenvalue weighted by molar-refractivity contribution is 5.67. The van der Waals surface area contributed by atoms with Gasteiger partial charge in [-0.25, -0.2) is 4.79 Å². The quantitative estimate of drug-likeness (QED) is 0.896. The molecule has 1 aromatic carbocycles. The molecule has 1 aliphatic rings. The first-order valence-electron chi connectivity index (χ1n) is 7.68. The van der Waals surface area contributed by atoms with Crippen molar-refractivity contribution in [3.63, 3.8) is 0 Å². The van der Waals surface area contributed by atoms with Gasteiger partial charge in [0.05, 0.1) is 5.60 Å². The number of alkyl carbamates (subject to hydrolysis) is 1. The van der Waals surface area contributed by atoms with Crippen molar-refractivity contribution in [1.29, 1.82) is 0 Å². The minimum atomic E-state index is -0.605. The van der Waals surface area contributed by atoms with Crippen molar-refractivity contribution in [2.75, 3.05) is 7.05 Å². The summed E-state index contributed by atoms with van der Waals surface area (Å²) in [6.45, 7) is 2.00. The second-order valence-electron chi connectivity index (χ2n) is 6.06. The van der Waals surface area contributed by atoms with Crippen LogP contribution >= 0.6 is 0 Å². The van der Waals surface area contributed by atoms with E-state index in [2.05, 4.69) is 17.4 Å². The second kappa shape index (κ2) is 6.48. The van der Waals surface area contributed by atoms with Crippen molar-refractivity contribution in [2.24, 2.45) is 0 Å². The van der Waals surface area contributed by atoms with Crippen molar-refractivity contribution in [1.82, 2.24) is 5.32 Å². The molecular formula is C17H25NO3. The van der Waals surface area contributed by atoms with E-state index in [1.165, 1.54) is 0 Å². The Hall–Kier alpha value is -1.55. The number of amides is 1. The standard InChI is InChI=1S/C17H25NO3/c1-3-16(20)9-11-17(12-10-16,21-15(19)18-2)13-14-7-5-4-6-8-14/h4-8,20H,3,9-13H2,1-2H3,(H,18,19). The molecule has 2 rings (SSSR count). The Morgan fingerprint density at radius 3 is 2.38 bits per heavy atom. The van der Waals surface area contributed by atoms with E-state index < -0.39 is 17.3 Å². The van der Waals surface area contributed by atoms with Crippen LogP contribution in [0.1, 0.15) is 44.6 Å². The van der Waals surface area contributed by atoms with Crippen LogP contribution in [0.4, 0.5) is 4.79 Å². The zero-order valence-corrected chi connectivity index (χ0v) is 12.9. The van der Waals surface area contributed by atoms with E-state index >= 15 is 0 Å². The average molecular weight is 291 g/mol. The first kappa shape index (κ1) is 15.8. The van der Waals surface area contributed by atoms with Crippen LogP contribution in [0.15, 0.2) is 30.3 Å². The summed E-state index contributed by atoms with van der Waals surface area (Å²) in [4.78, 5) is 11.7. The van der Waals surface area contributed by atoms with Gasteiger partial charge in [0.25, 0.3) is 0 Å². The fourth-order valence-corrected chi connectivity index (χ4v) is 3.05. The van der Waals surface area contributed by atoms with E-state index in [0.29, 0.717) is 32.1 Å². The van der Waals surface area contributed by atoms with Gasteiger partial charge in [-0.05, 0) is 37.7 Å². The summed E-state index contributed by atoms with van der Waals surface area (Å²) in [7, 11) is 1.57. The van der Waals surface area contributed by atoms with E-state index in [1.807, 2.05) is 25.1 Å². The largest absolute Gasteiger partial charge is 0.443 e. The van der Waals surface area contributed by atoms with Gasteiger partial charge in [-0.2, -0.15) is 0 Å². The Morgan fingerprint density at radius 1 is 1.24 bits per heavy atom. The predicted molar refractivity (Wildman–Crippen MR) is 82.1 cm³/mol. The van der Waals surface area contributed by atoms with Gasteiger partial charge in [0, 0.05) is 13.5 Å². The maximum Gasteiger partial charge on any atom is 0.407 e. The highest BCUT2D eigenvalue weighted by atomic mass is 16.6. The van der Waals surface area contributed by atoms with Crippen LogP contribution in [-0.2, 0) is 11.2 Å². The van der Waals surface area contributed by atoms with Gasteiger partial charge in [0.2, 0.25) is 0 Å². The molecule has 0 atom stereocenters. The molecule has 0 aromatic heterocycles. The molecule has 4 heteroatoms. The predicted octanol–water partition coefficient (Wildman–Crippen LogP) is 3.04. The summed E-state index contributed by atoms with van der Waals surface area (Å²) in [6, 6.07) is 10.1. The maximum absolute atomic E-state index is 11.7. The van der Waals surface area contributed by atoms with Gasteiger partial charge < -0.3 is 15.2 Å². The van der Waals surface area contributed by atoms with Gasteiger partial charge >= 0.3 is 6.09 Å². The third-order valence-electron chi connectivity index (χ3n) is 4.63. The third-order valence-corrected chi connectivity index (χ3v) is 4.63. The Balaban J connectivity index is 2.14. The third kappa shape index (κ3) is 3.97. The van der Waals surface area contributed by atoms with Gasteiger partial charge in [0.15, 0.2) is 0 Å². The second-order valence-corrected chi connectivity index (χ2v) is 6.06. The normalized spacial score (nSPS) is 28.9. The molecule has 1 saturated carbocycles. The Morgan fingerprint density at radius 2 is 1.86 bits per heavy atom. The molecule has 0 unspecified atom stereocenters. The minimum absolute atomic E-state index is 0.395. The summed E-state index contributed by atoms with van der Waals surface area (Å²) >= 11 is 0. The highest BCUT2D eigenvalue weighted by Crippen LogP contribution is 2.40. The zero-order valence-electron chi connectivity index (χ0n) is 12.9. The number of ether oxygens (including phenoxy) is 1. The number of aliphatic hydroxyl groups is 1. The molecule has 1 fully saturated rings. The van der Waals surface area contributed by atoms with E-state index in [9.17, 15) is 9.90 Å². The number of nitrogens with one attached hydrogen (secondary N) is 1. The molecule has 0 radical (unpaired) electrons. The van der Waals surface area contributed by atoms with Crippen LogP contribution in [0.2, 0.25) is 0 Å². The topological polar surface area (TPSA) is 58.6 Å². The molecule has 116 valence electrons. The first-order valence-corrected chi connectivity index (χ1v) is 7.68. The first-order chi connectivity index (χ1) is 10.0. The Kier molecular flexibility index (Phi) is 4.88. The van der Waals surface area contributed by atoms with E-state index in [4.69, 9.17) is 4.74 Å². The Bertz CT molecular complexity index is 464. The number of rotatable bonds is 4. The molecule has 0 spiro atoms. The highest BCUT2D eigenvalue weighted by Gasteiger charge is 2.43. The van der Waals surface area contributed by atoms with E-state index in [1.54, 1.807) is 7.05 Å². The molecule has 0 saturated heterocycles. The molecule has 4 nitrogen and oxygen atoms in total. The number of benzene rings is 1. The number of hydrogen-bond acceptors (Lipinski definition) is 3. The maximum atomic E-state index is 11.7. The number of carbonyl (C=O) groups excluding carboxylic acids is 1. The average Bonchev–Trinajstić information content (AvgIpc) is 2.51. The lowest BCUT2D eigenvalue weighted by Crippen LogP contribution is -2.47. The van der Waals surface area contributed by atoms with Crippen LogP contribution in [0.25, 0.3) is 0 Å². The van der Waals surface area contributed by atoms with Crippen LogP contribution in [-0.4, -0.2) is 29.4 Å². The monoisotopic (exact) mass is 291 g/mol. The molecule has 21 heavy (non-hydrogen) atoms. The van der Waals surface area contributed by atoms with Crippen LogP contribution < -0.4 is 5.32 Å². The van der Waals surface area contributed by atoms with Gasteiger partial charge in [-0.15, -0.1) is 0 Å². The fraction of sp³-hybridized carbons (Fsp3) is 0.588. The molecule has 1 aromatic rings. The summed E-state index contributed by atoms with van der Waals surface area (Å²) in [6.07, 6.45) is 3.78. The van der Waals surface area contributed by atoms with Crippen LogP contribution in [0, 0.1) is 0 Å². The molecule has 2 N–H and O–H groups in total. The smallest absolute Gasteiger partial charge is 0.407 e. The molecule has 1 amide bonds. The van der Waals surface area contributed by atoms with Crippen molar-refractivity contribution >= 4 is 6.09 Å². The fourth-order valence-electron chi connectivity index (χ4n) is 3.05. The lowest BCUT2D eigenvalue weighted by atomic mass is 9.72. The van der Waals surface area contributed by atoms with Crippen LogP contribution in [0.5, 0.6) is 0 Å². The lowest BCUT2D eigenvalue weighted by molar-refractivity contribution is -0.0859. The number of carbonyl (C=O) groups is 1. The molecule has 1 aliphatic carbocycles. The molecule has 0 aliphatic heterocycles. The van der Waals surface area contributed by atoms with Crippen molar-refractivity contribution in [2.45, 2.75) is 56.7 Å². The molecule has 0 heterocycles. The molecular weight excluding hydrogens is 266 g/mol. The van der Waals surface area contributed by atoms with E-state index in [-0.39, 0.29) is 0 Å². The van der Waals surface area contributed by atoms with Gasteiger partial charge in [-0.3, -0.25) is 0 Å². The lowest BCUT2D eigenvalue weighted by Gasteiger charge is -2.43. The van der Waals surface area contributed by atoms with Crippen molar-refractivity contribution in [3.05, 3.63) is 35.9 Å². The number of hydrogen-bond donors (Lipinski definition) is 2. The van der Waals surface area contributed by atoms with Crippen molar-refractivity contribution in [3.8, 4) is 0 Å². The SMILES string of the molecule is CCC1(O)CCC(Cc2ccccc2)(OC(=O)NC)CC1. The van der Waals surface area contributed by atoms with Crippen molar-refractivity contribution < 1.29 is 14.6 Å². The molecule has 0 bridgehead atoms. The zero-order chi connectivity index (χ0) is 15.3. The summed E-state index contributed by atoms with van der Waals surface area (Å²) < 4.78 is 5.71. The Labute approximate surface area is 126 Å².